The topological polar surface area (TPSA) is 83.8 Å². The van der Waals surface area contributed by atoms with E-state index in [9.17, 15) is 13.5 Å². The van der Waals surface area contributed by atoms with Crippen molar-refractivity contribution in [2.75, 3.05) is 46.2 Å². The van der Waals surface area contributed by atoms with Crippen molar-refractivity contribution >= 4 is 10.1 Å². The molecule has 0 aliphatic carbocycles. The van der Waals surface area contributed by atoms with Gasteiger partial charge in [0.2, 0.25) is 0 Å². The third-order valence-electron chi connectivity index (χ3n) is 2.42. The Hall–Kier alpha value is -0.470. The van der Waals surface area contributed by atoms with Gasteiger partial charge in [0.1, 0.15) is 12.6 Å². The van der Waals surface area contributed by atoms with Gasteiger partial charge in [-0.2, -0.15) is 8.42 Å². The van der Waals surface area contributed by atoms with Crippen LogP contribution in [0.15, 0.2) is 12.7 Å². The highest BCUT2D eigenvalue weighted by atomic mass is 32.2. The molecule has 0 aromatic heterocycles. The van der Waals surface area contributed by atoms with Crippen molar-refractivity contribution in [3.8, 4) is 0 Å². The molecule has 0 heterocycles. The summed E-state index contributed by atoms with van der Waals surface area (Å²) in [5.74, 6) is -0.252. The molecule has 0 aliphatic rings. The van der Waals surface area contributed by atoms with Crippen LogP contribution in [0.3, 0.4) is 0 Å². The fourth-order valence-corrected chi connectivity index (χ4v) is 2.17. The molecule has 0 bridgehead atoms. The normalized spacial score (nSPS) is 14.4. The molecule has 0 aliphatic heterocycles. The zero-order valence-corrected chi connectivity index (χ0v) is 11.9. The highest BCUT2D eigenvalue weighted by Crippen LogP contribution is 2.04. The second-order valence-corrected chi connectivity index (χ2v) is 6.53. The van der Waals surface area contributed by atoms with Crippen molar-refractivity contribution < 1.29 is 27.3 Å². The van der Waals surface area contributed by atoms with Gasteiger partial charge in [-0.25, -0.2) is 0 Å². The summed E-state index contributed by atoms with van der Waals surface area (Å²) < 4.78 is 35.4. The van der Waals surface area contributed by atoms with E-state index >= 15 is 0 Å². The second kappa shape index (κ2) is 7.85. The lowest BCUT2D eigenvalue weighted by atomic mass is 10.3. The maximum atomic E-state index is 10.6. The number of rotatable bonds is 10. The molecule has 108 valence electrons. The van der Waals surface area contributed by atoms with E-state index in [1.54, 1.807) is 6.08 Å². The highest BCUT2D eigenvalue weighted by molar-refractivity contribution is 7.85. The van der Waals surface area contributed by atoms with Crippen LogP contribution in [0, 0.1) is 0 Å². The molecule has 0 rings (SSSR count). The van der Waals surface area contributed by atoms with E-state index in [0.717, 1.165) is 0 Å². The number of hydrogen-bond donors (Lipinski definition) is 2. The molecule has 0 spiro atoms. The molecule has 18 heavy (non-hydrogen) atoms. The molecule has 0 aromatic carbocycles. The van der Waals surface area contributed by atoms with Gasteiger partial charge in [0.05, 0.1) is 39.6 Å². The Labute approximate surface area is 109 Å². The van der Waals surface area contributed by atoms with Crippen LogP contribution in [-0.2, 0) is 14.9 Å². The molecule has 0 amide bonds. The summed E-state index contributed by atoms with van der Waals surface area (Å²) in [6.07, 6.45) is 1.36. The fraction of sp³-hybridized carbons (Fsp3) is 0.818. The van der Waals surface area contributed by atoms with E-state index in [1.165, 1.54) is 0 Å². The van der Waals surface area contributed by atoms with E-state index < -0.39 is 16.2 Å². The van der Waals surface area contributed by atoms with Gasteiger partial charge in [-0.3, -0.25) is 4.55 Å². The molecule has 0 aromatic rings. The van der Waals surface area contributed by atoms with E-state index in [-0.39, 0.29) is 12.4 Å². The molecule has 0 fully saturated rings. The third kappa shape index (κ3) is 10.7. The van der Waals surface area contributed by atoms with E-state index in [0.29, 0.717) is 30.6 Å². The van der Waals surface area contributed by atoms with Crippen LogP contribution in [0.5, 0.6) is 0 Å². The van der Waals surface area contributed by atoms with Gasteiger partial charge in [-0.15, -0.1) is 6.58 Å². The summed E-state index contributed by atoms with van der Waals surface area (Å²) in [7, 11) is -0.122. The summed E-state index contributed by atoms with van der Waals surface area (Å²) in [6, 6.07) is 0. The number of nitrogens with zero attached hydrogens (tertiary/aromatic N) is 1. The van der Waals surface area contributed by atoms with Crippen LogP contribution in [0.4, 0.5) is 0 Å². The number of ether oxygens (including phenoxy) is 1. The molecule has 6 nitrogen and oxygen atoms in total. The summed E-state index contributed by atoms with van der Waals surface area (Å²) in [5.41, 5.74) is 0. The van der Waals surface area contributed by atoms with Crippen molar-refractivity contribution in [3.05, 3.63) is 12.7 Å². The summed E-state index contributed by atoms with van der Waals surface area (Å²) >= 11 is 0. The zero-order chi connectivity index (χ0) is 14.2. The average Bonchev–Trinajstić information content (AvgIpc) is 2.14. The predicted molar refractivity (Wildman–Crippen MR) is 69.9 cm³/mol. The van der Waals surface area contributed by atoms with Gasteiger partial charge in [0.25, 0.3) is 10.1 Å². The number of hydrogen-bond acceptors (Lipinski definition) is 4. The molecule has 2 N–H and O–H groups in total. The first-order valence-corrected chi connectivity index (χ1v) is 7.41. The smallest absolute Gasteiger partial charge is 0.265 e. The maximum absolute atomic E-state index is 10.6. The Morgan fingerprint density at radius 3 is 2.56 bits per heavy atom. The fourth-order valence-electron chi connectivity index (χ4n) is 1.68. The lowest BCUT2D eigenvalue weighted by Gasteiger charge is -2.31. The standard InChI is InChI=1S/C11H23NO5S/c1-4-7-17-10-11(13)9-12(2,3)6-5-8-18(14,15)16/h4,11,13H,1,5-10H2,2-3H3/p+1. The first-order valence-electron chi connectivity index (χ1n) is 5.80. The number of likely N-dealkylation sites (N-methyl/N-ethyl adjacent to an activating group) is 1. The summed E-state index contributed by atoms with van der Waals surface area (Å²) in [5, 5.41) is 9.73. The minimum absolute atomic E-state index is 0.228. The maximum Gasteiger partial charge on any atom is 0.265 e. The molecular weight excluding hydrogens is 258 g/mol. The zero-order valence-electron chi connectivity index (χ0n) is 11.1. The van der Waals surface area contributed by atoms with Gasteiger partial charge in [0, 0.05) is 6.42 Å². The van der Waals surface area contributed by atoms with Gasteiger partial charge < -0.3 is 14.3 Å². The lowest BCUT2D eigenvalue weighted by Crippen LogP contribution is -2.47. The first kappa shape index (κ1) is 17.5. The van der Waals surface area contributed by atoms with E-state index in [2.05, 4.69) is 6.58 Å². The third-order valence-corrected chi connectivity index (χ3v) is 3.22. The van der Waals surface area contributed by atoms with Crippen molar-refractivity contribution in [3.63, 3.8) is 0 Å². The summed E-state index contributed by atoms with van der Waals surface area (Å²) in [4.78, 5) is 0. The van der Waals surface area contributed by atoms with Crippen LogP contribution in [-0.4, -0.2) is 74.8 Å². The molecular formula is C11H24NO5S+. The molecule has 0 saturated heterocycles. The Balaban J connectivity index is 3.94. The van der Waals surface area contributed by atoms with Crippen molar-refractivity contribution in [1.82, 2.24) is 0 Å². The Morgan fingerprint density at radius 1 is 1.44 bits per heavy atom. The molecule has 0 saturated carbocycles. The van der Waals surface area contributed by atoms with Crippen molar-refractivity contribution in [1.29, 1.82) is 0 Å². The summed E-state index contributed by atoms with van der Waals surface area (Å²) in [6.45, 7) is 5.14. The highest BCUT2D eigenvalue weighted by Gasteiger charge is 2.21. The molecule has 1 unspecified atom stereocenters. The minimum Gasteiger partial charge on any atom is -0.385 e. The second-order valence-electron chi connectivity index (χ2n) is 4.96. The molecule has 7 heteroatoms. The lowest BCUT2D eigenvalue weighted by molar-refractivity contribution is -0.893. The Morgan fingerprint density at radius 2 is 2.06 bits per heavy atom. The molecule has 1 atom stereocenters. The Kier molecular flexibility index (Phi) is 7.65. The van der Waals surface area contributed by atoms with E-state index in [1.807, 2.05) is 14.1 Å². The SMILES string of the molecule is C=CCOCC(O)C[N+](C)(C)CCCS(=O)(=O)O. The first-order chi connectivity index (χ1) is 8.16. The van der Waals surface area contributed by atoms with E-state index in [4.69, 9.17) is 9.29 Å². The average molecular weight is 282 g/mol. The van der Waals surface area contributed by atoms with Gasteiger partial charge in [0.15, 0.2) is 0 Å². The van der Waals surface area contributed by atoms with Crippen LogP contribution < -0.4 is 0 Å². The number of quaternary nitrogens is 1. The molecule has 0 radical (unpaired) electrons. The van der Waals surface area contributed by atoms with Crippen LogP contribution in [0.2, 0.25) is 0 Å². The van der Waals surface area contributed by atoms with Gasteiger partial charge in [-0.1, -0.05) is 6.08 Å². The predicted octanol–water partition coefficient (Wildman–Crippen LogP) is -0.0958. The van der Waals surface area contributed by atoms with Crippen LogP contribution in [0.1, 0.15) is 6.42 Å². The Bertz CT molecular complexity index is 339. The number of aliphatic hydroxyl groups excluding tert-OH is 1. The largest absolute Gasteiger partial charge is 0.385 e. The van der Waals surface area contributed by atoms with Crippen LogP contribution >= 0.6 is 0 Å². The minimum atomic E-state index is -3.90. The number of aliphatic hydroxyl groups is 1. The van der Waals surface area contributed by atoms with Crippen molar-refractivity contribution in [2.24, 2.45) is 0 Å². The van der Waals surface area contributed by atoms with Gasteiger partial charge >= 0.3 is 0 Å². The monoisotopic (exact) mass is 282 g/mol. The van der Waals surface area contributed by atoms with Crippen molar-refractivity contribution in [2.45, 2.75) is 12.5 Å². The van der Waals surface area contributed by atoms with Crippen LogP contribution in [0.25, 0.3) is 0 Å². The van der Waals surface area contributed by atoms with Gasteiger partial charge in [-0.05, 0) is 0 Å². The quantitative estimate of drug-likeness (QED) is 0.253.